The summed E-state index contributed by atoms with van der Waals surface area (Å²) in [4.78, 5) is 11.8. The number of benzene rings is 2. The number of amides is 1. The van der Waals surface area contributed by atoms with E-state index in [1.165, 1.54) is 12.1 Å². The maximum absolute atomic E-state index is 11.8. The molecule has 0 atom stereocenters. The second kappa shape index (κ2) is 8.38. The van der Waals surface area contributed by atoms with Gasteiger partial charge in [-0.25, -0.2) is 5.43 Å². The molecule has 2 rings (SSSR count). The van der Waals surface area contributed by atoms with E-state index >= 15 is 0 Å². The van der Waals surface area contributed by atoms with Gasteiger partial charge in [-0.3, -0.25) is 4.79 Å². The third-order valence-corrected chi connectivity index (χ3v) is 4.17. The van der Waals surface area contributed by atoms with Crippen molar-refractivity contribution in [3.05, 3.63) is 62.6 Å². The molecule has 0 heterocycles. The summed E-state index contributed by atoms with van der Waals surface area (Å²) in [5, 5.41) is 4.93. The average molecular weight is 386 g/mol. The maximum Gasteiger partial charge on any atom is 0.277 e. The molecule has 24 heavy (non-hydrogen) atoms. The van der Waals surface area contributed by atoms with E-state index < -0.39 is 5.91 Å². The molecule has 7 heteroatoms. The third kappa shape index (κ3) is 5.13. The number of nitrogens with zero attached hydrogens (tertiary/aromatic N) is 1. The van der Waals surface area contributed by atoms with Gasteiger partial charge in [-0.2, -0.15) is 5.10 Å². The van der Waals surface area contributed by atoms with Crippen LogP contribution < -0.4 is 10.2 Å². The third-order valence-electron chi connectivity index (χ3n) is 3.15. The SMILES string of the molecule is C/C(=N\NC(=O)COc1cc(Cl)c(Cl)cc1Cl)c1ccc(C)cc1. The molecule has 0 spiro atoms. The van der Waals surface area contributed by atoms with Gasteiger partial charge in [-0.05, 0) is 25.5 Å². The minimum absolute atomic E-state index is 0.248. The monoisotopic (exact) mass is 384 g/mol. The van der Waals surface area contributed by atoms with Crippen molar-refractivity contribution in [2.75, 3.05) is 6.61 Å². The van der Waals surface area contributed by atoms with Gasteiger partial charge in [0.25, 0.3) is 5.91 Å². The fraction of sp³-hybridized carbons (Fsp3) is 0.176. The summed E-state index contributed by atoms with van der Waals surface area (Å²) in [6.45, 7) is 3.56. The van der Waals surface area contributed by atoms with Crippen molar-refractivity contribution in [3.63, 3.8) is 0 Å². The molecule has 0 unspecified atom stereocenters. The van der Waals surface area contributed by atoms with Crippen LogP contribution >= 0.6 is 34.8 Å². The Kier molecular flexibility index (Phi) is 6.49. The van der Waals surface area contributed by atoms with Gasteiger partial charge < -0.3 is 4.74 Å². The summed E-state index contributed by atoms with van der Waals surface area (Å²) < 4.78 is 5.33. The minimum atomic E-state index is -0.413. The molecular weight excluding hydrogens is 371 g/mol. The molecule has 2 aromatic rings. The molecule has 0 saturated carbocycles. The summed E-state index contributed by atoms with van der Waals surface area (Å²) in [5.41, 5.74) is 5.20. The van der Waals surface area contributed by atoms with E-state index in [0.29, 0.717) is 15.8 Å². The van der Waals surface area contributed by atoms with E-state index in [1.807, 2.05) is 38.1 Å². The highest BCUT2D eigenvalue weighted by molar-refractivity contribution is 6.43. The van der Waals surface area contributed by atoms with Crippen LogP contribution in [0.25, 0.3) is 0 Å². The molecule has 2 aromatic carbocycles. The standard InChI is InChI=1S/C17H15Cl3N2O2/c1-10-3-5-12(6-4-10)11(2)21-22-17(23)9-24-16-8-14(19)13(18)7-15(16)20/h3-8H,9H2,1-2H3,(H,22,23)/b21-11+. The highest BCUT2D eigenvalue weighted by Gasteiger charge is 2.09. The maximum atomic E-state index is 11.8. The molecule has 0 radical (unpaired) electrons. The predicted molar refractivity (Wildman–Crippen MR) is 98.5 cm³/mol. The number of hydrogen-bond acceptors (Lipinski definition) is 3. The van der Waals surface area contributed by atoms with Crippen LogP contribution in [0.5, 0.6) is 5.75 Å². The molecule has 0 aliphatic heterocycles. The van der Waals surface area contributed by atoms with Crippen LogP contribution in [0.3, 0.4) is 0 Å². The van der Waals surface area contributed by atoms with Crippen LogP contribution in [0.4, 0.5) is 0 Å². The highest BCUT2D eigenvalue weighted by Crippen LogP contribution is 2.33. The Bertz CT molecular complexity index is 774. The Morgan fingerprint density at radius 3 is 2.38 bits per heavy atom. The van der Waals surface area contributed by atoms with Crippen LogP contribution in [0.15, 0.2) is 41.5 Å². The number of ether oxygens (including phenoxy) is 1. The van der Waals surface area contributed by atoms with Gasteiger partial charge in [-0.15, -0.1) is 0 Å². The molecule has 0 fully saturated rings. The lowest BCUT2D eigenvalue weighted by atomic mass is 10.1. The zero-order chi connectivity index (χ0) is 17.7. The lowest BCUT2D eigenvalue weighted by molar-refractivity contribution is -0.123. The van der Waals surface area contributed by atoms with Crippen LogP contribution in [0.2, 0.25) is 15.1 Å². The van der Waals surface area contributed by atoms with Crippen molar-refractivity contribution < 1.29 is 9.53 Å². The number of hydrazone groups is 1. The molecule has 4 nitrogen and oxygen atoms in total. The summed E-state index contributed by atoms with van der Waals surface area (Å²) in [7, 11) is 0. The van der Waals surface area contributed by atoms with E-state index in [-0.39, 0.29) is 17.4 Å². The largest absolute Gasteiger partial charge is 0.482 e. The van der Waals surface area contributed by atoms with Gasteiger partial charge in [0.15, 0.2) is 6.61 Å². The number of carbonyl (C=O) groups is 1. The van der Waals surface area contributed by atoms with Gasteiger partial charge in [0.2, 0.25) is 0 Å². The van der Waals surface area contributed by atoms with Crippen molar-refractivity contribution in [3.8, 4) is 5.75 Å². The number of hydrogen-bond donors (Lipinski definition) is 1. The Balaban J connectivity index is 1.93. The Morgan fingerprint density at radius 2 is 1.71 bits per heavy atom. The Labute approximate surface area is 155 Å². The zero-order valence-electron chi connectivity index (χ0n) is 13.1. The van der Waals surface area contributed by atoms with Crippen LogP contribution in [-0.2, 0) is 4.79 Å². The number of nitrogens with one attached hydrogen (secondary N) is 1. The second-order valence-corrected chi connectivity index (χ2v) is 6.31. The Morgan fingerprint density at radius 1 is 1.08 bits per heavy atom. The van der Waals surface area contributed by atoms with Gasteiger partial charge in [0, 0.05) is 6.07 Å². The number of rotatable bonds is 5. The van der Waals surface area contributed by atoms with Crippen molar-refractivity contribution in [2.45, 2.75) is 13.8 Å². The average Bonchev–Trinajstić information content (AvgIpc) is 2.55. The molecule has 0 aromatic heterocycles. The molecule has 1 N–H and O–H groups in total. The first-order valence-electron chi connectivity index (χ1n) is 7.04. The molecule has 0 aliphatic rings. The molecule has 126 valence electrons. The number of carbonyl (C=O) groups excluding carboxylic acids is 1. The van der Waals surface area contributed by atoms with Crippen molar-refractivity contribution in [1.82, 2.24) is 5.43 Å². The van der Waals surface area contributed by atoms with E-state index in [4.69, 9.17) is 39.5 Å². The highest BCUT2D eigenvalue weighted by atomic mass is 35.5. The van der Waals surface area contributed by atoms with Gasteiger partial charge in [0.05, 0.1) is 20.8 Å². The smallest absolute Gasteiger partial charge is 0.277 e. The van der Waals surface area contributed by atoms with Crippen LogP contribution in [0.1, 0.15) is 18.1 Å². The summed E-state index contributed by atoms with van der Waals surface area (Å²) in [6, 6.07) is 10.7. The quantitative estimate of drug-likeness (QED) is 0.453. The van der Waals surface area contributed by atoms with Gasteiger partial charge in [-0.1, -0.05) is 64.6 Å². The fourth-order valence-corrected chi connectivity index (χ4v) is 2.39. The van der Waals surface area contributed by atoms with Crippen molar-refractivity contribution in [1.29, 1.82) is 0 Å². The van der Waals surface area contributed by atoms with Crippen molar-refractivity contribution in [2.24, 2.45) is 5.10 Å². The van der Waals surface area contributed by atoms with Gasteiger partial charge in [0.1, 0.15) is 5.75 Å². The normalized spacial score (nSPS) is 11.3. The van der Waals surface area contributed by atoms with E-state index in [2.05, 4.69) is 10.5 Å². The summed E-state index contributed by atoms with van der Waals surface area (Å²) in [5.74, 6) is -0.135. The molecule has 0 saturated heterocycles. The minimum Gasteiger partial charge on any atom is -0.482 e. The summed E-state index contributed by atoms with van der Waals surface area (Å²) in [6.07, 6.45) is 0. The van der Waals surface area contributed by atoms with E-state index in [0.717, 1.165) is 11.1 Å². The lowest BCUT2D eigenvalue weighted by Crippen LogP contribution is -2.25. The summed E-state index contributed by atoms with van der Waals surface area (Å²) >= 11 is 17.7. The second-order valence-electron chi connectivity index (χ2n) is 5.08. The van der Waals surface area contributed by atoms with Crippen molar-refractivity contribution >= 4 is 46.4 Å². The first-order chi connectivity index (χ1) is 11.4. The molecule has 0 aliphatic carbocycles. The molecule has 0 bridgehead atoms. The molecular formula is C17H15Cl3N2O2. The number of halogens is 3. The Hall–Kier alpha value is -1.75. The van der Waals surface area contributed by atoms with Gasteiger partial charge >= 0.3 is 0 Å². The first-order valence-corrected chi connectivity index (χ1v) is 8.17. The van der Waals surface area contributed by atoms with Crippen LogP contribution in [-0.4, -0.2) is 18.2 Å². The lowest BCUT2D eigenvalue weighted by Gasteiger charge is -2.09. The first kappa shape index (κ1) is 18.6. The van der Waals surface area contributed by atoms with Crippen LogP contribution in [0, 0.1) is 6.92 Å². The topological polar surface area (TPSA) is 50.7 Å². The fourth-order valence-electron chi connectivity index (χ4n) is 1.80. The zero-order valence-corrected chi connectivity index (χ0v) is 15.3. The predicted octanol–water partition coefficient (Wildman–Crippen LogP) is 4.87. The van der Waals surface area contributed by atoms with E-state index in [9.17, 15) is 4.79 Å². The number of aryl methyl sites for hydroxylation is 1. The van der Waals surface area contributed by atoms with E-state index in [1.54, 1.807) is 0 Å². The molecule has 1 amide bonds.